The minimum absolute atomic E-state index is 0.0105. The van der Waals surface area contributed by atoms with Crippen molar-refractivity contribution < 1.29 is 9.53 Å². The number of carbonyl (C=O) groups is 1. The molecule has 0 radical (unpaired) electrons. The molecule has 26 heavy (non-hydrogen) atoms. The van der Waals surface area contributed by atoms with Crippen LogP contribution in [0.25, 0.3) is 10.6 Å². The van der Waals surface area contributed by atoms with Crippen molar-refractivity contribution in [1.29, 1.82) is 0 Å². The molecule has 3 aromatic rings. The average molecular weight is 387 g/mol. The zero-order valence-corrected chi connectivity index (χ0v) is 15.9. The first-order valence-corrected chi connectivity index (χ1v) is 9.52. The van der Waals surface area contributed by atoms with E-state index >= 15 is 0 Å². The fourth-order valence-corrected chi connectivity index (χ4v) is 3.37. The molecule has 3 rings (SSSR count). The van der Waals surface area contributed by atoms with Gasteiger partial charge < -0.3 is 10.1 Å². The van der Waals surface area contributed by atoms with Gasteiger partial charge in [0, 0.05) is 28.9 Å². The molecular weight excluding hydrogens is 368 g/mol. The lowest BCUT2D eigenvalue weighted by Crippen LogP contribution is -2.30. The van der Waals surface area contributed by atoms with Crippen LogP contribution in [0.5, 0.6) is 5.75 Å². The number of rotatable bonds is 7. The van der Waals surface area contributed by atoms with E-state index in [-0.39, 0.29) is 12.5 Å². The van der Waals surface area contributed by atoms with Gasteiger partial charge >= 0.3 is 0 Å². The first-order valence-electron chi connectivity index (χ1n) is 8.27. The predicted molar refractivity (Wildman–Crippen MR) is 106 cm³/mol. The summed E-state index contributed by atoms with van der Waals surface area (Å²) in [5.74, 6) is 0.562. The van der Waals surface area contributed by atoms with E-state index < -0.39 is 0 Å². The number of halogens is 1. The average Bonchev–Trinajstić information content (AvgIpc) is 3.09. The third-order valence-electron chi connectivity index (χ3n) is 3.71. The number of aryl methyl sites for hydroxylation is 1. The van der Waals surface area contributed by atoms with Gasteiger partial charge in [0.05, 0.1) is 5.69 Å². The summed E-state index contributed by atoms with van der Waals surface area (Å²) in [4.78, 5) is 16.5. The summed E-state index contributed by atoms with van der Waals surface area (Å²) in [6.45, 7) is 2.52. The first kappa shape index (κ1) is 18.4. The van der Waals surface area contributed by atoms with E-state index in [4.69, 9.17) is 16.3 Å². The molecule has 0 bridgehead atoms. The molecule has 1 heterocycles. The van der Waals surface area contributed by atoms with Gasteiger partial charge in [0.2, 0.25) is 0 Å². The topological polar surface area (TPSA) is 51.2 Å². The summed E-state index contributed by atoms with van der Waals surface area (Å²) in [5, 5.41) is 6.53. The number of benzene rings is 2. The third kappa shape index (κ3) is 5.31. The minimum Gasteiger partial charge on any atom is -0.484 e. The molecular formula is C20H19ClN2O2S. The van der Waals surface area contributed by atoms with Gasteiger partial charge in [-0.15, -0.1) is 11.3 Å². The lowest BCUT2D eigenvalue weighted by molar-refractivity contribution is -0.123. The van der Waals surface area contributed by atoms with Gasteiger partial charge in [-0.25, -0.2) is 4.98 Å². The summed E-state index contributed by atoms with van der Waals surface area (Å²) >= 11 is 7.49. The second kappa shape index (κ2) is 8.83. The highest BCUT2D eigenvalue weighted by Crippen LogP contribution is 2.25. The van der Waals surface area contributed by atoms with Gasteiger partial charge in [-0.2, -0.15) is 0 Å². The van der Waals surface area contributed by atoms with Crippen LogP contribution in [0.2, 0.25) is 5.02 Å². The lowest BCUT2D eigenvalue weighted by atomic mass is 10.2. The Bertz CT molecular complexity index is 878. The second-order valence-corrected chi connectivity index (χ2v) is 7.15. The van der Waals surface area contributed by atoms with Crippen LogP contribution in [0.3, 0.4) is 0 Å². The van der Waals surface area contributed by atoms with Crippen molar-refractivity contribution >= 4 is 28.8 Å². The number of nitrogens with one attached hydrogen (secondary N) is 1. The highest BCUT2D eigenvalue weighted by atomic mass is 35.5. The largest absolute Gasteiger partial charge is 0.484 e. The van der Waals surface area contributed by atoms with E-state index in [0.717, 1.165) is 21.8 Å². The van der Waals surface area contributed by atoms with Crippen LogP contribution in [0.15, 0.2) is 53.9 Å². The molecule has 1 amide bonds. The number of hydrogen-bond acceptors (Lipinski definition) is 4. The summed E-state index contributed by atoms with van der Waals surface area (Å²) in [6, 6.07) is 15.3. The molecule has 1 N–H and O–H groups in total. The summed E-state index contributed by atoms with van der Waals surface area (Å²) in [7, 11) is 0. The highest BCUT2D eigenvalue weighted by molar-refractivity contribution is 7.13. The van der Waals surface area contributed by atoms with Crippen LogP contribution >= 0.6 is 22.9 Å². The molecule has 0 atom stereocenters. The zero-order chi connectivity index (χ0) is 18.4. The lowest BCUT2D eigenvalue weighted by Gasteiger charge is -2.07. The van der Waals surface area contributed by atoms with E-state index in [2.05, 4.69) is 10.3 Å². The van der Waals surface area contributed by atoms with Crippen molar-refractivity contribution in [2.24, 2.45) is 0 Å². The van der Waals surface area contributed by atoms with E-state index in [1.807, 2.05) is 60.8 Å². The maximum absolute atomic E-state index is 11.9. The number of ether oxygens (including phenoxy) is 1. The van der Waals surface area contributed by atoms with Gasteiger partial charge in [0.15, 0.2) is 6.61 Å². The SMILES string of the molecule is Cc1cccc(OCC(=O)NCCc2csc(-c3ccc(Cl)cc3)n2)c1. The molecule has 1 aromatic heterocycles. The smallest absolute Gasteiger partial charge is 0.257 e. The van der Waals surface area contributed by atoms with E-state index in [1.165, 1.54) is 0 Å². The van der Waals surface area contributed by atoms with Crippen molar-refractivity contribution in [3.8, 4) is 16.3 Å². The van der Waals surface area contributed by atoms with E-state index in [9.17, 15) is 4.79 Å². The maximum Gasteiger partial charge on any atom is 0.257 e. The molecule has 6 heteroatoms. The Morgan fingerprint density at radius 2 is 2.04 bits per heavy atom. The van der Waals surface area contributed by atoms with Crippen molar-refractivity contribution in [1.82, 2.24) is 10.3 Å². The highest BCUT2D eigenvalue weighted by Gasteiger charge is 2.07. The molecule has 0 saturated carbocycles. The molecule has 134 valence electrons. The molecule has 0 saturated heterocycles. The number of amides is 1. The molecule has 4 nitrogen and oxygen atoms in total. The standard InChI is InChI=1S/C20H19ClN2O2S/c1-14-3-2-4-18(11-14)25-12-19(24)22-10-9-17-13-26-20(23-17)15-5-7-16(21)8-6-15/h2-8,11,13H,9-10,12H2,1H3,(H,22,24). The summed E-state index contributed by atoms with van der Waals surface area (Å²) in [5.41, 5.74) is 3.10. The van der Waals surface area contributed by atoms with Crippen LogP contribution in [-0.2, 0) is 11.2 Å². The monoisotopic (exact) mass is 386 g/mol. The Morgan fingerprint density at radius 1 is 1.23 bits per heavy atom. The van der Waals surface area contributed by atoms with Gasteiger partial charge in [0.1, 0.15) is 10.8 Å². The number of hydrogen-bond donors (Lipinski definition) is 1. The number of carbonyl (C=O) groups excluding carboxylic acids is 1. The molecule has 0 spiro atoms. The third-order valence-corrected chi connectivity index (χ3v) is 4.90. The summed E-state index contributed by atoms with van der Waals surface area (Å²) in [6.07, 6.45) is 0.681. The van der Waals surface area contributed by atoms with Crippen molar-refractivity contribution in [2.75, 3.05) is 13.2 Å². The number of thiazole rings is 1. The van der Waals surface area contributed by atoms with Crippen LogP contribution < -0.4 is 10.1 Å². The maximum atomic E-state index is 11.9. The van der Waals surface area contributed by atoms with Crippen LogP contribution in [0.1, 0.15) is 11.3 Å². The normalized spacial score (nSPS) is 10.5. The Hall–Kier alpha value is -2.37. The van der Waals surface area contributed by atoms with Gasteiger partial charge in [-0.1, -0.05) is 35.9 Å². The molecule has 0 aliphatic rings. The van der Waals surface area contributed by atoms with Gasteiger partial charge in [-0.3, -0.25) is 4.79 Å². The quantitative estimate of drug-likeness (QED) is 0.650. The Labute approximate surface area is 161 Å². The number of nitrogens with zero attached hydrogens (tertiary/aromatic N) is 1. The Balaban J connectivity index is 1.43. The summed E-state index contributed by atoms with van der Waals surface area (Å²) < 4.78 is 5.49. The van der Waals surface area contributed by atoms with Crippen LogP contribution in [-0.4, -0.2) is 24.0 Å². The van der Waals surface area contributed by atoms with Gasteiger partial charge in [0.25, 0.3) is 5.91 Å². The van der Waals surface area contributed by atoms with Crippen LogP contribution in [0.4, 0.5) is 0 Å². The van der Waals surface area contributed by atoms with Crippen molar-refractivity contribution in [3.63, 3.8) is 0 Å². The Kier molecular flexibility index (Phi) is 6.26. The zero-order valence-electron chi connectivity index (χ0n) is 14.4. The van der Waals surface area contributed by atoms with E-state index in [1.54, 1.807) is 11.3 Å². The van der Waals surface area contributed by atoms with Crippen molar-refractivity contribution in [3.05, 3.63) is 70.2 Å². The molecule has 0 unspecified atom stereocenters. The molecule has 0 aliphatic heterocycles. The Morgan fingerprint density at radius 3 is 2.81 bits per heavy atom. The fraction of sp³-hybridized carbons (Fsp3) is 0.200. The predicted octanol–water partition coefficient (Wildman–Crippen LogP) is 4.51. The van der Waals surface area contributed by atoms with E-state index in [0.29, 0.717) is 23.7 Å². The second-order valence-electron chi connectivity index (χ2n) is 5.86. The number of aromatic nitrogens is 1. The van der Waals surface area contributed by atoms with Crippen molar-refractivity contribution in [2.45, 2.75) is 13.3 Å². The molecule has 2 aromatic carbocycles. The molecule has 0 fully saturated rings. The minimum atomic E-state index is -0.139. The van der Waals surface area contributed by atoms with Gasteiger partial charge in [-0.05, 0) is 36.8 Å². The van der Waals surface area contributed by atoms with Crippen LogP contribution in [0, 0.1) is 6.92 Å². The first-order chi connectivity index (χ1) is 12.6. The fourth-order valence-electron chi connectivity index (χ4n) is 2.38. The molecule has 0 aliphatic carbocycles.